The normalized spacial score (nSPS) is 11.0. The molecule has 0 aliphatic heterocycles. The third kappa shape index (κ3) is 4.61. The number of aryl methyl sites for hydroxylation is 1. The van der Waals surface area contributed by atoms with Crippen LogP contribution in [0.3, 0.4) is 0 Å². The van der Waals surface area contributed by atoms with E-state index in [0.29, 0.717) is 6.54 Å². The number of hydrogen-bond donors (Lipinski definition) is 1. The van der Waals surface area contributed by atoms with Crippen LogP contribution in [-0.4, -0.2) is 24.8 Å². The number of hydrogen-bond acceptors (Lipinski definition) is 2. The molecule has 2 nitrogen and oxygen atoms in total. The van der Waals surface area contributed by atoms with Crippen LogP contribution in [0.2, 0.25) is 0 Å². The van der Waals surface area contributed by atoms with Crippen molar-refractivity contribution in [2.24, 2.45) is 0 Å². The summed E-state index contributed by atoms with van der Waals surface area (Å²) in [7, 11) is 0. The van der Waals surface area contributed by atoms with Crippen molar-refractivity contribution in [3.05, 3.63) is 42.0 Å². The zero-order valence-corrected chi connectivity index (χ0v) is 10.9. The number of anilines is 1. The predicted molar refractivity (Wildman–Crippen MR) is 74.5 cm³/mol. The van der Waals surface area contributed by atoms with Gasteiger partial charge >= 0.3 is 0 Å². The molecule has 1 rings (SSSR count). The molecule has 0 saturated heterocycles. The van der Waals surface area contributed by atoms with Crippen molar-refractivity contribution in [2.45, 2.75) is 26.7 Å². The molecule has 0 aromatic heterocycles. The highest BCUT2D eigenvalue weighted by Crippen LogP contribution is 2.17. The van der Waals surface area contributed by atoms with E-state index >= 15 is 0 Å². The summed E-state index contributed by atoms with van der Waals surface area (Å²) in [5.41, 5.74) is 2.57. The molecule has 1 N–H and O–H groups in total. The van der Waals surface area contributed by atoms with Crippen LogP contribution in [0.5, 0.6) is 0 Å². The van der Waals surface area contributed by atoms with Gasteiger partial charge in [0.25, 0.3) is 0 Å². The van der Waals surface area contributed by atoms with Crippen LogP contribution in [0.25, 0.3) is 0 Å². The number of rotatable bonds is 7. The van der Waals surface area contributed by atoms with Gasteiger partial charge in [0.2, 0.25) is 0 Å². The molecule has 94 valence electrons. The maximum atomic E-state index is 9.02. The summed E-state index contributed by atoms with van der Waals surface area (Å²) in [6, 6.07) is 8.60. The molecule has 0 saturated carbocycles. The lowest BCUT2D eigenvalue weighted by Gasteiger charge is -2.22. The van der Waals surface area contributed by atoms with E-state index in [0.717, 1.165) is 19.4 Å². The van der Waals surface area contributed by atoms with Gasteiger partial charge in [0.1, 0.15) is 0 Å². The van der Waals surface area contributed by atoms with Gasteiger partial charge in [-0.2, -0.15) is 0 Å². The Hall–Kier alpha value is -1.28. The lowest BCUT2D eigenvalue weighted by Crippen LogP contribution is -2.26. The molecule has 0 bridgehead atoms. The Morgan fingerprint density at radius 3 is 2.82 bits per heavy atom. The summed E-state index contributed by atoms with van der Waals surface area (Å²) in [4.78, 5) is 2.19. The van der Waals surface area contributed by atoms with E-state index in [4.69, 9.17) is 5.11 Å². The summed E-state index contributed by atoms with van der Waals surface area (Å²) in [6.07, 6.45) is 6.45. The van der Waals surface area contributed by atoms with Crippen molar-refractivity contribution in [1.29, 1.82) is 0 Å². The highest BCUT2D eigenvalue weighted by atomic mass is 16.3. The molecule has 0 amide bonds. The summed E-state index contributed by atoms with van der Waals surface area (Å²) >= 11 is 0. The zero-order valence-electron chi connectivity index (χ0n) is 10.9. The third-order valence-corrected chi connectivity index (χ3v) is 2.86. The first kappa shape index (κ1) is 13.8. The minimum atomic E-state index is 0.205. The third-order valence-electron chi connectivity index (χ3n) is 2.86. The van der Waals surface area contributed by atoms with Crippen LogP contribution < -0.4 is 4.90 Å². The number of aliphatic hydroxyl groups excluding tert-OH is 1. The fourth-order valence-corrected chi connectivity index (χ4v) is 1.92. The molecule has 17 heavy (non-hydrogen) atoms. The number of nitrogens with zero attached hydrogens (tertiary/aromatic N) is 1. The maximum Gasteiger partial charge on any atom is 0.0606 e. The Kier molecular flexibility index (Phi) is 6.41. The lowest BCUT2D eigenvalue weighted by molar-refractivity contribution is 0.302. The summed E-state index contributed by atoms with van der Waals surface area (Å²) < 4.78 is 0. The van der Waals surface area contributed by atoms with Crippen molar-refractivity contribution in [3.63, 3.8) is 0 Å². The van der Waals surface area contributed by atoms with Gasteiger partial charge in [-0.05, 0) is 44.4 Å². The minimum Gasteiger partial charge on any atom is -0.395 e. The van der Waals surface area contributed by atoms with Gasteiger partial charge in [-0.15, -0.1) is 0 Å². The largest absolute Gasteiger partial charge is 0.395 e. The molecule has 2 heteroatoms. The lowest BCUT2D eigenvalue weighted by atomic mass is 10.1. The molecule has 0 unspecified atom stereocenters. The fourth-order valence-electron chi connectivity index (χ4n) is 1.92. The number of allylic oxidation sites excluding steroid dienone is 2. The van der Waals surface area contributed by atoms with Crippen molar-refractivity contribution >= 4 is 5.69 Å². The zero-order chi connectivity index (χ0) is 12.5. The van der Waals surface area contributed by atoms with Crippen LogP contribution in [-0.2, 0) is 6.42 Å². The van der Waals surface area contributed by atoms with Crippen LogP contribution in [0.4, 0.5) is 5.69 Å². The quantitative estimate of drug-likeness (QED) is 0.732. The topological polar surface area (TPSA) is 23.5 Å². The number of aliphatic hydroxyl groups is 1. The average molecular weight is 233 g/mol. The predicted octanol–water partition coefficient (Wildman–Crippen LogP) is 3.01. The standard InChI is InChI=1S/C15H23NO/c1-3-5-6-8-14-9-7-10-15(13-14)16(4-2)11-12-17/h3,5,7,9-10,13,17H,4,6,8,11-12H2,1-2H3. The second-order valence-electron chi connectivity index (χ2n) is 4.08. The highest BCUT2D eigenvalue weighted by molar-refractivity contribution is 5.48. The van der Waals surface area contributed by atoms with Gasteiger partial charge in [0.05, 0.1) is 6.61 Å². The summed E-state index contributed by atoms with van der Waals surface area (Å²) in [5.74, 6) is 0. The Labute approximate surface area is 105 Å². The van der Waals surface area contributed by atoms with Crippen LogP contribution in [0.15, 0.2) is 36.4 Å². The smallest absolute Gasteiger partial charge is 0.0606 e. The SMILES string of the molecule is CC=CCCc1cccc(N(CC)CCO)c1. The van der Waals surface area contributed by atoms with Crippen molar-refractivity contribution in [1.82, 2.24) is 0 Å². The second-order valence-corrected chi connectivity index (χ2v) is 4.08. The number of benzene rings is 1. The van der Waals surface area contributed by atoms with Gasteiger partial charge in [0, 0.05) is 18.8 Å². The molecule has 0 atom stereocenters. The molecule has 0 radical (unpaired) electrons. The first-order chi connectivity index (χ1) is 8.31. The van der Waals surface area contributed by atoms with Crippen molar-refractivity contribution in [2.75, 3.05) is 24.6 Å². The molecule has 0 aliphatic rings. The first-order valence-corrected chi connectivity index (χ1v) is 6.37. The maximum absolute atomic E-state index is 9.02. The van der Waals surface area contributed by atoms with Gasteiger partial charge in [-0.3, -0.25) is 0 Å². The summed E-state index contributed by atoms with van der Waals surface area (Å²) in [6.45, 7) is 6.00. The van der Waals surface area contributed by atoms with E-state index in [1.165, 1.54) is 11.3 Å². The Morgan fingerprint density at radius 1 is 1.35 bits per heavy atom. The Bertz CT molecular complexity index is 347. The highest BCUT2D eigenvalue weighted by Gasteiger charge is 2.03. The molecule has 0 aliphatic carbocycles. The second kappa shape index (κ2) is 7.91. The molecule has 1 aromatic rings. The van der Waals surface area contributed by atoms with Crippen molar-refractivity contribution < 1.29 is 5.11 Å². The molecule has 0 heterocycles. The van der Waals surface area contributed by atoms with E-state index in [9.17, 15) is 0 Å². The number of likely N-dealkylation sites (N-methyl/N-ethyl adjacent to an activating group) is 1. The molecule has 0 fully saturated rings. The van der Waals surface area contributed by atoms with E-state index in [1.807, 2.05) is 0 Å². The molecule has 1 aromatic carbocycles. The summed E-state index contributed by atoms with van der Waals surface area (Å²) in [5, 5.41) is 9.02. The van der Waals surface area contributed by atoms with Crippen molar-refractivity contribution in [3.8, 4) is 0 Å². The molecular formula is C15H23NO. The minimum absolute atomic E-state index is 0.205. The molecular weight excluding hydrogens is 210 g/mol. The van der Waals surface area contributed by atoms with E-state index < -0.39 is 0 Å². The molecule has 0 spiro atoms. The van der Waals surface area contributed by atoms with Gasteiger partial charge in [-0.1, -0.05) is 24.3 Å². The van der Waals surface area contributed by atoms with Crippen LogP contribution in [0.1, 0.15) is 25.8 Å². The monoisotopic (exact) mass is 233 g/mol. The average Bonchev–Trinajstić information content (AvgIpc) is 2.36. The van der Waals surface area contributed by atoms with Gasteiger partial charge < -0.3 is 10.0 Å². The van der Waals surface area contributed by atoms with Gasteiger partial charge in [-0.25, -0.2) is 0 Å². The van der Waals surface area contributed by atoms with Crippen LogP contribution in [0, 0.1) is 0 Å². The van der Waals surface area contributed by atoms with E-state index in [1.54, 1.807) is 0 Å². The van der Waals surface area contributed by atoms with E-state index in [-0.39, 0.29) is 6.61 Å². The first-order valence-electron chi connectivity index (χ1n) is 6.37. The van der Waals surface area contributed by atoms with E-state index in [2.05, 4.69) is 55.2 Å². The fraction of sp³-hybridized carbons (Fsp3) is 0.467. The van der Waals surface area contributed by atoms with Gasteiger partial charge in [0.15, 0.2) is 0 Å². The van der Waals surface area contributed by atoms with Crippen LogP contribution >= 0.6 is 0 Å². The Morgan fingerprint density at radius 2 is 2.18 bits per heavy atom. The Balaban J connectivity index is 2.69.